The van der Waals surface area contributed by atoms with Gasteiger partial charge < -0.3 is 9.47 Å². The van der Waals surface area contributed by atoms with Gasteiger partial charge in [-0.3, -0.25) is 0 Å². The van der Waals surface area contributed by atoms with Crippen LogP contribution in [0.4, 0.5) is 0 Å². The molecular formula is C76H70O4. The van der Waals surface area contributed by atoms with E-state index in [1.54, 1.807) is 13.8 Å². The number of carbonyl (C=O) groups is 2. The van der Waals surface area contributed by atoms with Crippen LogP contribution in [0.2, 0.25) is 0 Å². The third kappa shape index (κ3) is 7.92. The summed E-state index contributed by atoms with van der Waals surface area (Å²) in [6, 6.07) is 59.7. The number of esters is 2. The molecule has 4 aliphatic carbocycles. The maximum atomic E-state index is 12.3. The van der Waals surface area contributed by atoms with Gasteiger partial charge >= 0.3 is 11.9 Å². The van der Waals surface area contributed by atoms with Crippen molar-refractivity contribution in [1.29, 1.82) is 0 Å². The molecule has 2 unspecified atom stereocenters. The van der Waals surface area contributed by atoms with E-state index in [1.165, 1.54) is 122 Å². The van der Waals surface area contributed by atoms with E-state index in [0.717, 1.165) is 24.0 Å². The first kappa shape index (κ1) is 52.4. The van der Waals surface area contributed by atoms with E-state index < -0.39 is 10.8 Å². The minimum Gasteiger partial charge on any atom is -0.462 e. The van der Waals surface area contributed by atoms with E-state index in [1.807, 2.05) is 0 Å². The van der Waals surface area contributed by atoms with Gasteiger partial charge in [-0.05, 0) is 212 Å². The predicted octanol–water partition coefficient (Wildman–Crippen LogP) is 18.8. The van der Waals surface area contributed by atoms with Gasteiger partial charge in [-0.1, -0.05) is 186 Å². The van der Waals surface area contributed by atoms with Crippen LogP contribution in [-0.2, 0) is 40.7 Å². The van der Waals surface area contributed by atoms with Gasteiger partial charge in [0, 0.05) is 32.8 Å². The van der Waals surface area contributed by atoms with Crippen LogP contribution in [0.3, 0.4) is 0 Å². The molecule has 2 atom stereocenters. The van der Waals surface area contributed by atoms with Crippen molar-refractivity contribution in [3.63, 3.8) is 0 Å². The van der Waals surface area contributed by atoms with Gasteiger partial charge in [-0.15, -0.1) is 0 Å². The summed E-state index contributed by atoms with van der Waals surface area (Å²) in [5, 5.41) is 0. The molecule has 0 saturated carbocycles. The molecule has 4 nitrogen and oxygen atoms in total. The van der Waals surface area contributed by atoms with Crippen LogP contribution in [0.1, 0.15) is 126 Å². The number of ether oxygens (including phenoxy) is 2. The Morgan fingerprint density at radius 1 is 0.350 bits per heavy atom. The molecular weight excluding hydrogens is 977 g/mol. The molecule has 4 aliphatic rings. The molecule has 0 saturated heterocycles. The Morgan fingerprint density at radius 3 is 0.875 bits per heavy atom. The summed E-state index contributed by atoms with van der Waals surface area (Å²) in [5.41, 5.74) is 29.3. The summed E-state index contributed by atoms with van der Waals surface area (Å²) in [6.45, 7) is 34.6. The van der Waals surface area contributed by atoms with Crippen LogP contribution in [0.25, 0.3) is 77.9 Å². The molecule has 0 N–H and O–H groups in total. The van der Waals surface area contributed by atoms with E-state index in [0.29, 0.717) is 37.2 Å². The Balaban J connectivity index is 0.827. The van der Waals surface area contributed by atoms with Crippen molar-refractivity contribution in [3.8, 4) is 77.9 Å². The van der Waals surface area contributed by atoms with Gasteiger partial charge in [0.05, 0.1) is 13.2 Å². The molecule has 0 radical (unpaired) electrons. The molecule has 0 bridgehead atoms. The Bertz CT molecular complexity index is 3760. The minimum atomic E-state index is -0.414. The zero-order valence-electron chi connectivity index (χ0n) is 47.7. The van der Waals surface area contributed by atoms with Gasteiger partial charge in [-0.2, -0.15) is 0 Å². The van der Waals surface area contributed by atoms with Crippen LogP contribution < -0.4 is 0 Å². The third-order valence-corrected chi connectivity index (χ3v) is 18.7. The molecule has 0 spiro atoms. The van der Waals surface area contributed by atoms with Crippen molar-refractivity contribution in [2.75, 3.05) is 13.2 Å². The summed E-state index contributed by atoms with van der Waals surface area (Å²) in [6.07, 6.45) is 2.94. The lowest BCUT2D eigenvalue weighted by Crippen LogP contribution is -2.27. The summed E-state index contributed by atoms with van der Waals surface area (Å²) < 4.78 is 11.2. The third-order valence-electron chi connectivity index (χ3n) is 18.7. The largest absolute Gasteiger partial charge is 0.462 e. The zero-order valence-corrected chi connectivity index (χ0v) is 47.7. The highest BCUT2D eigenvalue weighted by Gasteiger charge is 2.46. The minimum absolute atomic E-state index is 0.237. The Labute approximate surface area is 473 Å². The molecule has 8 aromatic rings. The first-order valence-corrected chi connectivity index (χ1v) is 28.3. The summed E-state index contributed by atoms with van der Waals surface area (Å²) in [4.78, 5) is 24.7. The summed E-state index contributed by atoms with van der Waals surface area (Å²) in [7, 11) is 0. The Morgan fingerprint density at radius 2 is 0.600 bits per heavy atom. The number of benzene rings is 8. The van der Waals surface area contributed by atoms with Crippen molar-refractivity contribution in [2.45, 2.75) is 103 Å². The van der Waals surface area contributed by atoms with E-state index in [4.69, 9.17) is 9.47 Å². The summed E-state index contributed by atoms with van der Waals surface area (Å²) >= 11 is 0. The van der Waals surface area contributed by atoms with Crippen molar-refractivity contribution in [3.05, 3.63) is 251 Å². The maximum Gasteiger partial charge on any atom is 0.333 e. The average molecular weight is 1050 g/mol. The van der Waals surface area contributed by atoms with Crippen molar-refractivity contribution >= 4 is 11.9 Å². The van der Waals surface area contributed by atoms with Gasteiger partial charge in [0.2, 0.25) is 0 Å². The molecule has 0 fully saturated rings. The smallest absolute Gasteiger partial charge is 0.333 e. The van der Waals surface area contributed by atoms with Crippen molar-refractivity contribution < 1.29 is 19.1 Å². The molecule has 12 rings (SSSR count). The lowest BCUT2D eigenvalue weighted by molar-refractivity contribution is -0.140. The van der Waals surface area contributed by atoms with Gasteiger partial charge in [0.1, 0.15) is 0 Å². The number of allylic oxidation sites excluding steroid dienone is 2. The quantitative estimate of drug-likeness (QED) is 0.0444. The second-order valence-corrected chi connectivity index (χ2v) is 24.3. The van der Waals surface area contributed by atoms with Crippen LogP contribution in [-0.4, -0.2) is 25.2 Å². The fourth-order valence-electron chi connectivity index (χ4n) is 14.4. The Hall–Kier alpha value is -8.34. The van der Waals surface area contributed by atoms with Crippen LogP contribution in [0, 0.1) is 0 Å². The van der Waals surface area contributed by atoms with E-state index in [9.17, 15) is 9.59 Å². The van der Waals surface area contributed by atoms with Gasteiger partial charge in [0.15, 0.2) is 0 Å². The number of fused-ring (bicyclic) bond motifs is 12. The molecule has 0 heterocycles. The van der Waals surface area contributed by atoms with Crippen LogP contribution in [0.15, 0.2) is 206 Å². The van der Waals surface area contributed by atoms with E-state index >= 15 is 0 Å². The normalized spacial score (nSPS) is 17.6. The summed E-state index contributed by atoms with van der Waals surface area (Å²) in [5.74, 6) is -0.698. The number of rotatable bonds is 15. The lowest BCUT2D eigenvalue weighted by atomic mass is 9.69. The van der Waals surface area contributed by atoms with Crippen molar-refractivity contribution in [2.24, 2.45) is 0 Å². The molecule has 398 valence electrons. The first-order chi connectivity index (χ1) is 38.3. The molecule has 8 aromatic carbocycles. The second-order valence-electron chi connectivity index (χ2n) is 24.3. The van der Waals surface area contributed by atoms with Gasteiger partial charge in [-0.25, -0.2) is 9.59 Å². The van der Waals surface area contributed by atoms with Crippen LogP contribution >= 0.6 is 0 Å². The molecule has 4 heteroatoms. The predicted molar refractivity (Wildman–Crippen MR) is 330 cm³/mol. The highest BCUT2D eigenvalue weighted by Crippen LogP contribution is 2.59. The molecule has 0 aliphatic heterocycles. The number of carbonyl (C=O) groups excluding carboxylic acids is 2. The molecule has 0 amide bonds. The Kier molecular flexibility index (Phi) is 12.6. The molecule has 80 heavy (non-hydrogen) atoms. The number of hydrogen-bond acceptors (Lipinski definition) is 4. The second kappa shape index (κ2) is 19.2. The first-order valence-electron chi connectivity index (χ1n) is 28.3. The molecule has 0 aromatic heterocycles. The monoisotopic (exact) mass is 1050 g/mol. The topological polar surface area (TPSA) is 52.6 Å². The zero-order chi connectivity index (χ0) is 56.2. The lowest BCUT2D eigenvalue weighted by Gasteiger charge is -2.33. The fraction of sp³-hybridized carbons (Fsp3) is 0.237. The van der Waals surface area contributed by atoms with Gasteiger partial charge in [0.25, 0.3) is 0 Å². The van der Waals surface area contributed by atoms with Crippen LogP contribution in [0.5, 0.6) is 0 Å². The maximum absolute atomic E-state index is 12.3. The fourth-order valence-corrected chi connectivity index (χ4v) is 14.4. The highest BCUT2D eigenvalue weighted by molar-refractivity contribution is 5.92. The van der Waals surface area contributed by atoms with E-state index in [2.05, 4.69) is 226 Å². The van der Waals surface area contributed by atoms with Crippen molar-refractivity contribution in [1.82, 2.24) is 0 Å². The average Bonchev–Trinajstić information content (AvgIpc) is 4.14. The van der Waals surface area contributed by atoms with E-state index in [-0.39, 0.29) is 22.8 Å². The number of hydrogen-bond donors (Lipinski definition) is 0. The standard InChI is InChI=1S/C76H70O4/c1-45(2)71(77)79-37-17-35-75(47(5)6)63-21-15-13-19-55(63)61-33-27-53(43-69(61)75)51-25-31-59-57-29-23-49(39-65(57)73(9,10)67(59)41-51)50-24-30-58-60-32-26-52(42-68(60)74(11,12)66(58)40-50)54-28-34-62-56-20-14-16-22-64(56)76(48(7)8,70(62)44-54)36-18-38-80-72(78)46(3)4/h13-16,19-34,39-44H,1,3,5,7,17-18,35-38H2,2,4,6,8-12H3. The highest BCUT2D eigenvalue weighted by atomic mass is 16.5. The SMILES string of the molecule is C=C(C)C(=O)OCCCC1(C(=C)C)c2ccccc2-c2ccc(-c3ccc4c(c3)C(C)(C)c3cc(-c5ccc6c(c5)C(C)(C)c5cc(-c7ccc8c(c7)C(CCCOC(=O)C(=C)C)(C(=C)C)c7ccccc7-8)ccc5-6)ccc3-4)cc21.